The van der Waals surface area contributed by atoms with Crippen molar-refractivity contribution in [3.63, 3.8) is 0 Å². The zero-order valence-corrected chi connectivity index (χ0v) is 10.6. The number of nitriles is 1. The van der Waals surface area contributed by atoms with Crippen molar-refractivity contribution in [1.82, 2.24) is 15.2 Å². The standard InChI is InChI=1S/C14H9F2N5/c15-13(16)9-4-12(20-14-10(9)6-19-21-14)7-1-2-11(18)8(3-7)5-17/h1-4,6,13H,18H2,(H,19,20,21). The topological polar surface area (TPSA) is 91.4 Å². The number of halogens is 2. The molecule has 0 saturated heterocycles. The lowest BCUT2D eigenvalue weighted by Crippen LogP contribution is -1.94. The fourth-order valence-corrected chi connectivity index (χ4v) is 2.09. The lowest BCUT2D eigenvalue weighted by atomic mass is 10.0. The third-order valence-electron chi connectivity index (χ3n) is 3.16. The number of hydrogen-bond donors (Lipinski definition) is 2. The molecule has 7 heteroatoms. The summed E-state index contributed by atoms with van der Waals surface area (Å²) in [6, 6.07) is 7.96. The zero-order valence-electron chi connectivity index (χ0n) is 10.6. The van der Waals surface area contributed by atoms with E-state index in [1.165, 1.54) is 18.3 Å². The molecule has 0 saturated carbocycles. The first-order valence-corrected chi connectivity index (χ1v) is 6.02. The Hall–Kier alpha value is -3.01. The molecule has 0 unspecified atom stereocenters. The van der Waals surface area contributed by atoms with Gasteiger partial charge in [0.05, 0.1) is 17.5 Å². The molecule has 0 aliphatic carbocycles. The molecule has 0 fully saturated rings. The molecule has 0 aliphatic rings. The lowest BCUT2D eigenvalue weighted by molar-refractivity contribution is 0.153. The summed E-state index contributed by atoms with van der Waals surface area (Å²) in [7, 11) is 0. The van der Waals surface area contributed by atoms with E-state index in [1.807, 2.05) is 6.07 Å². The smallest absolute Gasteiger partial charge is 0.264 e. The van der Waals surface area contributed by atoms with E-state index >= 15 is 0 Å². The Kier molecular flexibility index (Phi) is 2.99. The van der Waals surface area contributed by atoms with E-state index in [0.717, 1.165) is 0 Å². The van der Waals surface area contributed by atoms with Crippen molar-refractivity contribution in [2.45, 2.75) is 6.43 Å². The Balaban J connectivity index is 2.23. The van der Waals surface area contributed by atoms with Gasteiger partial charge in [0.25, 0.3) is 6.43 Å². The lowest BCUT2D eigenvalue weighted by Gasteiger charge is -2.07. The van der Waals surface area contributed by atoms with Gasteiger partial charge in [0.2, 0.25) is 0 Å². The molecule has 3 aromatic rings. The maximum Gasteiger partial charge on any atom is 0.264 e. The second-order valence-corrected chi connectivity index (χ2v) is 4.44. The third kappa shape index (κ3) is 2.17. The van der Waals surface area contributed by atoms with Crippen LogP contribution in [0.3, 0.4) is 0 Å². The molecule has 1 aromatic carbocycles. The number of nitrogens with zero attached hydrogens (tertiary/aromatic N) is 3. The van der Waals surface area contributed by atoms with E-state index in [1.54, 1.807) is 12.1 Å². The van der Waals surface area contributed by atoms with Gasteiger partial charge in [-0.2, -0.15) is 10.4 Å². The SMILES string of the molecule is N#Cc1cc(-c2cc(C(F)F)c3cn[nH]c3n2)ccc1N. The third-order valence-corrected chi connectivity index (χ3v) is 3.16. The number of aromatic amines is 1. The summed E-state index contributed by atoms with van der Waals surface area (Å²) in [5.74, 6) is 0. The number of nitrogens with one attached hydrogen (secondary N) is 1. The zero-order chi connectivity index (χ0) is 15.0. The second-order valence-electron chi connectivity index (χ2n) is 4.44. The second kappa shape index (κ2) is 4.83. The van der Waals surface area contributed by atoms with E-state index < -0.39 is 6.43 Å². The molecule has 0 amide bonds. The van der Waals surface area contributed by atoms with Crippen molar-refractivity contribution in [3.8, 4) is 17.3 Å². The molecular weight excluding hydrogens is 276 g/mol. The average Bonchev–Trinajstić information content (AvgIpc) is 2.94. The van der Waals surface area contributed by atoms with Crippen LogP contribution in [0.4, 0.5) is 14.5 Å². The first-order valence-electron chi connectivity index (χ1n) is 6.02. The van der Waals surface area contributed by atoms with Gasteiger partial charge < -0.3 is 5.73 Å². The number of anilines is 1. The van der Waals surface area contributed by atoms with E-state index in [9.17, 15) is 8.78 Å². The van der Waals surface area contributed by atoms with Gasteiger partial charge in [-0.15, -0.1) is 0 Å². The predicted octanol–water partition coefficient (Wildman–Crippen LogP) is 3.02. The van der Waals surface area contributed by atoms with Crippen molar-refractivity contribution in [1.29, 1.82) is 5.26 Å². The summed E-state index contributed by atoms with van der Waals surface area (Å²) in [6.45, 7) is 0. The number of aromatic nitrogens is 3. The molecule has 0 bridgehead atoms. The van der Waals surface area contributed by atoms with Gasteiger partial charge >= 0.3 is 0 Å². The predicted molar refractivity (Wildman–Crippen MR) is 73.4 cm³/mol. The molecule has 0 aliphatic heterocycles. The number of benzene rings is 1. The molecule has 0 atom stereocenters. The number of nitrogens with two attached hydrogens (primary N) is 1. The highest BCUT2D eigenvalue weighted by Gasteiger charge is 2.16. The van der Waals surface area contributed by atoms with Crippen LogP contribution < -0.4 is 5.73 Å². The molecular formula is C14H9F2N5. The Morgan fingerprint density at radius 2 is 2.10 bits per heavy atom. The van der Waals surface area contributed by atoms with Crippen LogP contribution in [0.25, 0.3) is 22.3 Å². The Bertz CT molecular complexity index is 863. The average molecular weight is 285 g/mol. The summed E-state index contributed by atoms with van der Waals surface area (Å²) in [5, 5.41) is 15.6. The first kappa shape index (κ1) is 13.0. The minimum Gasteiger partial charge on any atom is -0.398 e. The first-order chi connectivity index (χ1) is 10.1. The maximum atomic E-state index is 13.1. The van der Waals surface area contributed by atoms with Crippen molar-refractivity contribution >= 4 is 16.7 Å². The van der Waals surface area contributed by atoms with Crippen LogP contribution in [0.5, 0.6) is 0 Å². The quantitative estimate of drug-likeness (QED) is 0.708. The van der Waals surface area contributed by atoms with E-state index in [0.29, 0.717) is 16.9 Å². The van der Waals surface area contributed by atoms with Gasteiger partial charge in [0.1, 0.15) is 6.07 Å². The highest BCUT2D eigenvalue weighted by Crippen LogP contribution is 2.31. The fraction of sp³-hybridized carbons (Fsp3) is 0.0714. The van der Waals surface area contributed by atoms with Gasteiger partial charge in [-0.1, -0.05) is 6.07 Å². The van der Waals surface area contributed by atoms with E-state index in [-0.39, 0.29) is 22.2 Å². The summed E-state index contributed by atoms with van der Waals surface area (Å²) in [4.78, 5) is 4.25. The number of fused-ring (bicyclic) bond motifs is 1. The number of nitrogen functional groups attached to an aromatic ring is 1. The Labute approximate surface area is 118 Å². The number of pyridine rings is 1. The Morgan fingerprint density at radius 1 is 1.29 bits per heavy atom. The van der Waals surface area contributed by atoms with Crippen molar-refractivity contribution < 1.29 is 8.78 Å². The van der Waals surface area contributed by atoms with Gasteiger partial charge in [-0.05, 0) is 18.2 Å². The monoisotopic (exact) mass is 285 g/mol. The van der Waals surface area contributed by atoms with Crippen LogP contribution in [0.2, 0.25) is 0 Å². The highest BCUT2D eigenvalue weighted by atomic mass is 19.3. The van der Waals surface area contributed by atoms with Crippen LogP contribution >= 0.6 is 0 Å². The molecule has 0 radical (unpaired) electrons. The van der Waals surface area contributed by atoms with Gasteiger partial charge in [-0.25, -0.2) is 13.8 Å². The van der Waals surface area contributed by atoms with Crippen molar-refractivity contribution in [2.75, 3.05) is 5.73 Å². The normalized spacial score (nSPS) is 11.0. The van der Waals surface area contributed by atoms with Gasteiger partial charge in [0.15, 0.2) is 5.65 Å². The number of H-pyrrole nitrogens is 1. The van der Waals surface area contributed by atoms with Gasteiger partial charge in [-0.3, -0.25) is 5.10 Å². The van der Waals surface area contributed by atoms with E-state index in [4.69, 9.17) is 11.0 Å². The minimum atomic E-state index is -2.64. The molecule has 3 N–H and O–H groups in total. The fourth-order valence-electron chi connectivity index (χ4n) is 2.09. The Morgan fingerprint density at radius 3 is 2.81 bits per heavy atom. The summed E-state index contributed by atoms with van der Waals surface area (Å²) < 4.78 is 26.3. The summed E-state index contributed by atoms with van der Waals surface area (Å²) in [6.07, 6.45) is -1.33. The molecule has 104 valence electrons. The highest BCUT2D eigenvalue weighted by molar-refractivity contribution is 5.82. The largest absolute Gasteiger partial charge is 0.398 e. The molecule has 5 nitrogen and oxygen atoms in total. The van der Waals surface area contributed by atoms with Crippen molar-refractivity contribution in [3.05, 3.63) is 41.6 Å². The summed E-state index contributed by atoms with van der Waals surface area (Å²) >= 11 is 0. The number of alkyl halides is 2. The molecule has 2 heterocycles. The van der Waals surface area contributed by atoms with E-state index in [2.05, 4.69) is 15.2 Å². The van der Waals surface area contributed by atoms with Crippen LogP contribution in [0.1, 0.15) is 17.6 Å². The minimum absolute atomic E-state index is 0.154. The maximum absolute atomic E-state index is 13.1. The number of hydrogen-bond acceptors (Lipinski definition) is 4. The van der Waals surface area contributed by atoms with Gasteiger partial charge in [0, 0.05) is 22.2 Å². The van der Waals surface area contributed by atoms with Crippen LogP contribution in [-0.2, 0) is 0 Å². The molecule has 2 aromatic heterocycles. The summed E-state index contributed by atoms with van der Waals surface area (Å²) in [5.41, 5.74) is 7.25. The van der Waals surface area contributed by atoms with Crippen molar-refractivity contribution in [2.24, 2.45) is 0 Å². The van der Waals surface area contributed by atoms with Crippen LogP contribution in [-0.4, -0.2) is 15.2 Å². The van der Waals surface area contributed by atoms with Crippen LogP contribution in [0.15, 0.2) is 30.5 Å². The molecule has 3 rings (SSSR count). The number of rotatable bonds is 2. The molecule has 0 spiro atoms. The van der Waals surface area contributed by atoms with Crippen LogP contribution in [0, 0.1) is 11.3 Å². The molecule has 21 heavy (non-hydrogen) atoms.